The van der Waals surface area contributed by atoms with Crippen LogP contribution in [-0.4, -0.2) is 121 Å². The smallest absolute Gasteiger partial charge is 0.329 e. The molecule has 2 unspecified atom stereocenters. The molecule has 0 aliphatic carbocycles. The molecule has 0 aromatic carbocycles. The second-order valence-corrected chi connectivity index (χ2v) is 14.0. The molecule has 0 saturated carbocycles. The zero-order valence-electron chi connectivity index (χ0n) is 22.7. The predicted octanol–water partition coefficient (Wildman–Crippen LogP) is 0.555. The van der Waals surface area contributed by atoms with Crippen molar-refractivity contribution in [2.75, 3.05) is 52.2 Å². The van der Waals surface area contributed by atoms with Gasteiger partial charge in [0, 0.05) is 11.5 Å². The number of aliphatic hydroxyl groups is 2. The van der Waals surface area contributed by atoms with Crippen molar-refractivity contribution in [2.24, 2.45) is 0 Å². The van der Waals surface area contributed by atoms with Crippen LogP contribution in [-0.2, 0) is 19.1 Å². The molecule has 0 radical (unpaired) electrons. The monoisotopic (exact) mass is 734 g/mol. The summed E-state index contributed by atoms with van der Waals surface area (Å²) in [6, 6.07) is -2.99. The van der Waals surface area contributed by atoms with Gasteiger partial charge in [-0.2, -0.15) is 0 Å². The van der Waals surface area contributed by atoms with Crippen LogP contribution in [0.1, 0.15) is 19.3 Å². The molecule has 2 heterocycles. The number of carbonyl (C=O) groups is 4. The van der Waals surface area contributed by atoms with Gasteiger partial charge in [-0.1, -0.05) is 46.0 Å². The van der Waals surface area contributed by atoms with Crippen LogP contribution in [0.4, 0.5) is 0 Å². The highest BCUT2D eigenvalue weighted by molar-refractivity contribution is 8.76. The Hall–Kier alpha value is -1.40. The summed E-state index contributed by atoms with van der Waals surface area (Å²) >= 11 is 10.4. The maximum absolute atomic E-state index is 13.3. The highest BCUT2D eigenvalue weighted by Crippen LogP contribution is 2.44. The van der Waals surface area contributed by atoms with E-state index in [-0.39, 0.29) is 59.2 Å². The van der Waals surface area contributed by atoms with E-state index in [1.54, 1.807) is 0 Å². The average molecular weight is 735 g/mol. The molecule has 0 bridgehead atoms. The van der Waals surface area contributed by atoms with Crippen LogP contribution < -0.4 is 29.6 Å². The summed E-state index contributed by atoms with van der Waals surface area (Å²) < 4.78 is 26.7. The number of hydrogen-bond acceptors (Lipinski definition) is 19. The van der Waals surface area contributed by atoms with Gasteiger partial charge in [-0.25, -0.2) is 19.0 Å². The average Bonchev–Trinajstić information content (AvgIpc) is 3.43. The predicted molar refractivity (Wildman–Crippen MR) is 177 cm³/mol. The Labute approximate surface area is 278 Å². The fraction of sp³-hybridized carbons (Fsp3) is 0.545. The fourth-order valence-corrected chi connectivity index (χ4v) is 8.30. The summed E-state index contributed by atoms with van der Waals surface area (Å²) in [5.74, 6) is -2.53. The van der Waals surface area contributed by atoms with Gasteiger partial charge in [0.25, 0.3) is 11.8 Å². The van der Waals surface area contributed by atoms with E-state index in [0.29, 0.717) is 0 Å². The Balaban J connectivity index is 2.16. The number of hydrogen-bond donors (Lipinski definition) is 6. The number of ether oxygens (including phenoxy) is 4. The normalized spacial score (nSPS) is 14.9. The summed E-state index contributed by atoms with van der Waals surface area (Å²) in [6.45, 7) is -0.162. The topological polar surface area (TPSA) is 194 Å². The first-order valence-corrected chi connectivity index (χ1v) is 18.5. The molecule has 240 valence electrons. The molecule has 43 heavy (non-hydrogen) atoms. The van der Waals surface area contributed by atoms with Gasteiger partial charge in [-0.05, 0) is 32.7 Å². The molecule has 1 aromatic rings. The van der Waals surface area contributed by atoms with Crippen LogP contribution in [0.3, 0.4) is 0 Å². The SMILES string of the molecule is COC(=O)C(CSSN[C@@H](C=S)CO)NC(=O)c1sc(C(=O)NC(CSSN[C@@H](C=S)CO)C(=O)OC)c2c1OCCO2. The number of amides is 2. The van der Waals surface area contributed by atoms with Crippen LogP contribution in [0.25, 0.3) is 0 Å². The van der Waals surface area contributed by atoms with Gasteiger partial charge < -0.3 is 39.8 Å². The van der Waals surface area contributed by atoms with E-state index in [1.165, 1.54) is 46.5 Å². The zero-order chi connectivity index (χ0) is 31.8. The molecular formula is C22H30N4O10S7. The number of esters is 2. The number of rotatable bonds is 20. The Morgan fingerprint density at radius 3 is 1.56 bits per heavy atom. The molecule has 21 heteroatoms. The quantitative estimate of drug-likeness (QED) is 0.0357. The van der Waals surface area contributed by atoms with Crippen molar-refractivity contribution in [1.82, 2.24) is 20.1 Å². The van der Waals surface area contributed by atoms with Gasteiger partial charge >= 0.3 is 11.9 Å². The minimum atomic E-state index is -1.06. The maximum Gasteiger partial charge on any atom is 0.329 e. The summed E-state index contributed by atoms with van der Waals surface area (Å²) in [5.41, 5.74) is 0. The van der Waals surface area contributed by atoms with Crippen molar-refractivity contribution in [1.29, 1.82) is 0 Å². The lowest BCUT2D eigenvalue weighted by molar-refractivity contribution is -0.143. The molecule has 1 aliphatic heterocycles. The lowest BCUT2D eigenvalue weighted by atomic mass is 10.2. The van der Waals surface area contributed by atoms with Crippen molar-refractivity contribution >= 4 is 114 Å². The lowest BCUT2D eigenvalue weighted by Crippen LogP contribution is -2.43. The number of methoxy groups -OCH3 is 2. The molecule has 1 aliphatic rings. The Morgan fingerprint density at radius 2 is 1.23 bits per heavy atom. The van der Waals surface area contributed by atoms with Gasteiger partial charge in [0.15, 0.2) is 11.5 Å². The molecule has 2 rings (SSSR count). The third kappa shape index (κ3) is 11.8. The molecule has 14 nitrogen and oxygen atoms in total. The molecule has 2 amide bonds. The van der Waals surface area contributed by atoms with Crippen molar-refractivity contribution in [3.63, 3.8) is 0 Å². The minimum absolute atomic E-state index is 0.00968. The zero-order valence-corrected chi connectivity index (χ0v) is 28.4. The molecule has 4 atom stereocenters. The Bertz CT molecular complexity index is 1050. The Morgan fingerprint density at radius 1 is 0.837 bits per heavy atom. The third-order valence-corrected chi connectivity index (χ3v) is 11.0. The lowest BCUT2D eigenvalue weighted by Gasteiger charge is -2.19. The van der Waals surface area contributed by atoms with Gasteiger partial charge in [0.2, 0.25) is 0 Å². The van der Waals surface area contributed by atoms with Gasteiger partial charge in [-0.15, -0.1) is 11.3 Å². The minimum Gasteiger partial charge on any atom is -0.484 e. The number of carbonyl (C=O) groups excluding carboxylic acids is 4. The van der Waals surface area contributed by atoms with E-state index in [4.69, 9.17) is 43.4 Å². The highest BCUT2D eigenvalue weighted by atomic mass is 33.1. The Kier molecular flexibility index (Phi) is 18.1. The first-order valence-electron chi connectivity index (χ1n) is 12.1. The number of thiocarbonyl (C=S) groups is 2. The van der Waals surface area contributed by atoms with Gasteiger partial charge in [0.1, 0.15) is 35.1 Å². The van der Waals surface area contributed by atoms with E-state index in [9.17, 15) is 29.4 Å². The van der Waals surface area contributed by atoms with Gasteiger partial charge in [0.05, 0.1) is 39.5 Å². The van der Waals surface area contributed by atoms with Gasteiger partial charge in [-0.3, -0.25) is 9.59 Å². The third-order valence-electron chi connectivity index (χ3n) is 5.10. The molecular weight excluding hydrogens is 705 g/mol. The van der Waals surface area contributed by atoms with Crippen molar-refractivity contribution in [3.8, 4) is 11.5 Å². The van der Waals surface area contributed by atoms with Crippen LogP contribution in [0.15, 0.2) is 0 Å². The van der Waals surface area contributed by atoms with E-state index >= 15 is 0 Å². The molecule has 6 N–H and O–H groups in total. The van der Waals surface area contributed by atoms with Crippen LogP contribution >= 0.6 is 79.3 Å². The van der Waals surface area contributed by atoms with E-state index < -0.39 is 47.9 Å². The fourth-order valence-electron chi connectivity index (χ4n) is 2.93. The van der Waals surface area contributed by atoms with Crippen molar-refractivity contribution < 1.29 is 48.3 Å². The molecule has 1 aromatic heterocycles. The van der Waals surface area contributed by atoms with E-state index in [0.717, 1.165) is 33.3 Å². The summed E-state index contributed by atoms with van der Waals surface area (Å²) in [5, 5.41) is 26.3. The standard InChI is InChI=1S/C22H30N4O10S7/c1-33-21(31)13(9-39-42-25-11(5-27)7-37)23-19(29)17-15-16(36-4-3-35-15)18(41-17)20(30)24-14(22(32)34-2)10-40-43-26-12(6-28)8-38/h7-8,11-14,25-28H,3-6,9-10H2,1-2H3,(H,23,29)(H,24,30)/t11-,12-,13?,14?/m1/s1. The number of aliphatic hydroxyl groups excluding tert-OH is 2. The summed E-state index contributed by atoms with van der Waals surface area (Å²) in [4.78, 5) is 51.3. The molecule has 0 fully saturated rings. The van der Waals surface area contributed by atoms with Crippen LogP contribution in [0.2, 0.25) is 0 Å². The molecule has 0 saturated heterocycles. The molecule has 0 spiro atoms. The van der Waals surface area contributed by atoms with Crippen molar-refractivity contribution in [2.45, 2.75) is 24.2 Å². The first kappa shape index (κ1) is 37.8. The largest absolute Gasteiger partial charge is 0.484 e. The van der Waals surface area contributed by atoms with Crippen LogP contribution in [0.5, 0.6) is 11.5 Å². The maximum atomic E-state index is 13.3. The number of thiophene rings is 1. The number of nitrogens with one attached hydrogen (secondary N) is 4. The second-order valence-electron chi connectivity index (χ2n) is 8.04. The van der Waals surface area contributed by atoms with Crippen LogP contribution in [0, 0.1) is 0 Å². The summed E-state index contributed by atoms with van der Waals surface area (Å²) in [7, 11) is 7.01. The first-order chi connectivity index (χ1) is 20.7. The summed E-state index contributed by atoms with van der Waals surface area (Å²) in [6.07, 6.45) is 0. The van der Waals surface area contributed by atoms with E-state index in [1.807, 2.05) is 0 Å². The second kappa shape index (κ2) is 20.6. The van der Waals surface area contributed by atoms with Crippen molar-refractivity contribution in [3.05, 3.63) is 9.75 Å². The highest BCUT2D eigenvalue weighted by Gasteiger charge is 2.34. The number of fused-ring (bicyclic) bond motifs is 1. The van der Waals surface area contributed by atoms with E-state index in [2.05, 4.69) is 20.1 Å².